The number of benzene rings is 2. The Morgan fingerprint density at radius 2 is 1.65 bits per heavy atom. The van der Waals surface area contributed by atoms with Gasteiger partial charge < -0.3 is 19.5 Å². The van der Waals surface area contributed by atoms with E-state index in [0.29, 0.717) is 33.5 Å². The van der Waals surface area contributed by atoms with Crippen LogP contribution in [0.4, 0.5) is 5.00 Å². The van der Waals surface area contributed by atoms with Gasteiger partial charge in [-0.2, -0.15) is 0 Å². The van der Waals surface area contributed by atoms with E-state index in [-0.39, 0.29) is 5.91 Å². The van der Waals surface area contributed by atoms with Gasteiger partial charge in [0.25, 0.3) is 5.91 Å². The molecule has 3 rings (SSSR count). The molecule has 134 valence electrons. The molecule has 2 aromatic carbocycles. The molecule has 7 nitrogen and oxygen atoms in total. The summed E-state index contributed by atoms with van der Waals surface area (Å²) in [6.45, 7) is 0. The summed E-state index contributed by atoms with van der Waals surface area (Å²) in [6, 6.07) is 12.7. The highest BCUT2D eigenvalue weighted by Gasteiger charge is 2.19. The number of methoxy groups -OCH3 is 3. The average molecular weight is 371 g/mol. The molecule has 1 aromatic heterocycles. The van der Waals surface area contributed by atoms with Crippen LogP contribution in [0.3, 0.4) is 0 Å². The topological polar surface area (TPSA) is 82.6 Å². The number of carbonyl (C=O) groups excluding carboxylic acids is 1. The summed E-state index contributed by atoms with van der Waals surface area (Å²) in [5.74, 6) is 0.911. The van der Waals surface area contributed by atoms with Crippen LogP contribution in [0.2, 0.25) is 0 Å². The predicted octanol–water partition coefficient (Wildman–Crippen LogP) is 3.48. The molecule has 0 radical (unpaired) electrons. The molecule has 0 saturated heterocycles. The Morgan fingerprint density at radius 3 is 2.23 bits per heavy atom. The van der Waals surface area contributed by atoms with E-state index in [4.69, 9.17) is 14.2 Å². The molecule has 1 heterocycles. The molecule has 0 bridgehead atoms. The number of anilines is 1. The third-order valence-electron chi connectivity index (χ3n) is 3.69. The summed E-state index contributed by atoms with van der Waals surface area (Å²) < 4.78 is 19.8. The van der Waals surface area contributed by atoms with Gasteiger partial charge in [0.2, 0.25) is 5.75 Å². The van der Waals surface area contributed by atoms with Gasteiger partial charge in [0, 0.05) is 22.7 Å². The van der Waals surface area contributed by atoms with E-state index >= 15 is 0 Å². The summed E-state index contributed by atoms with van der Waals surface area (Å²) in [7, 11) is 4.51. The molecular weight excluding hydrogens is 354 g/mol. The highest BCUT2D eigenvalue weighted by Crippen LogP contribution is 2.38. The van der Waals surface area contributed by atoms with Gasteiger partial charge in [-0.15, -0.1) is 5.10 Å². The third-order valence-corrected chi connectivity index (χ3v) is 4.33. The first-order valence-corrected chi connectivity index (χ1v) is 8.44. The monoisotopic (exact) mass is 371 g/mol. The first-order valence-electron chi connectivity index (χ1n) is 7.67. The smallest absolute Gasteiger partial charge is 0.256 e. The highest BCUT2D eigenvalue weighted by molar-refractivity contribution is 7.10. The predicted molar refractivity (Wildman–Crippen MR) is 99.4 cm³/mol. The maximum Gasteiger partial charge on any atom is 0.256 e. The first kappa shape index (κ1) is 17.7. The lowest BCUT2D eigenvalue weighted by atomic mass is 10.1. The summed E-state index contributed by atoms with van der Waals surface area (Å²) >= 11 is 1.11. The Hall–Kier alpha value is -3.13. The summed E-state index contributed by atoms with van der Waals surface area (Å²) in [4.78, 5) is 12.7. The molecule has 1 N–H and O–H groups in total. The van der Waals surface area contributed by atoms with Gasteiger partial charge in [0.1, 0.15) is 10.7 Å². The second-order valence-corrected chi connectivity index (χ2v) is 5.94. The number of rotatable bonds is 6. The molecule has 1 amide bonds. The molecule has 0 spiro atoms. The molecule has 0 fully saturated rings. The second-order valence-electron chi connectivity index (χ2n) is 5.18. The zero-order valence-corrected chi connectivity index (χ0v) is 15.3. The minimum atomic E-state index is -0.326. The zero-order chi connectivity index (χ0) is 18.5. The van der Waals surface area contributed by atoms with Crippen LogP contribution in [0.25, 0.3) is 11.3 Å². The lowest BCUT2D eigenvalue weighted by molar-refractivity contribution is 0.102. The fraction of sp³-hybridized carbons (Fsp3) is 0.167. The number of nitrogens with one attached hydrogen (secondary N) is 1. The average Bonchev–Trinajstić information content (AvgIpc) is 3.15. The number of amides is 1. The number of carbonyl (C=O) groups is 1. The number of aromatic nitrogens is 2. The van der Waals surface area contributed by atoms with Crippen LogP contribution < -0.4 is 19.5 Å². The fourth-order valence-corrected chi connectivity index (χ4v) is 3.03. The van der Waals surface area contributed by atoms with Crippen molar-refractivity contribution in [1.29, 1.82) is 0 Å². The lowest BCUT2D eigenvalue weighted by Gasteiger charge is -2.14. The number of hydrogen-bond donors (Lipinski definition) is 1. The van der Waals surface area contributed by atoms with E-state index < -0.39 is 0 Å². The van der Waals surface area contributed by atoms with Crippen molar-refractivity contribution in [2.75, 3.05) is 26.6 Å². The second kappa shape index (κ2) is 7.83. The van der Waals surface area contributed by atoms with Gasteiger partial charge in [-0.25, -0.2) is 0 Å². The Balaban J connectivity index is 1.91. The standard InChI is InChI=1S/C18H17N3O4S/c1-23-13-9-12(10-14(24-2)16(13)25-3)17(22)19-18-15(20-21-26-18)11-7-5-4-6-8-11/h4-10H,1-3H3,(H,19,22). The summed E-state index contributed by atoms with van der Waals surface area (Å²) in [6.07, 6.45) is 0. The zero-order valence-electron chi connectivity index (χ0n) is 14.5. The number of hydrogen-bond acceptors (Lipinski definition) is 7. The Labute approximate surface area is 154 Å². The van der Waals surface area contributed by atoms with Crippen LogP contribution in [0.1, 0.15) is 10.4 Å². The molecule has 0 aliphatic rings. The molecule has 0 aliphatic heterocycles. The lowest BCUT2D eigenvalue weighted by Crippen LogP contribution is -2.12. The van der Waals surface area contributed by atoms with Gasteiger partial charge in [-0.05, 0) is 12.1 Å². The fourth-order valence-electron chi connectivity index (χ4n) is 2.45. The Kier molecular flexibility index (Phi) is 5.33. The SMILES string of the molecule is COc1cc(C(=O)Nc2snnc2-c2ccccc2)cc(OC)c1OC. The van der Waals surface area contributed by atoms with Crippen LogP contribution in [-0.2, 0) is 0 Å². The molecule has 0 atom stereocenters. The van der Waals surface area contributed by atoms with Crippen LogP contribution >= 0.6 is 11.5 Å². The summed E-state index contributed by atoms with van der Waals surface area (Å²) in [5.41, 5.74) is 1.87. The number of nitrogens with zero attached hydrogens (tertiary/aromatic N) is 2. The van der Waals surface area contributed by atoms with E-state index in [1.807, 2.05) is 30.3 Å². The Morgan fingerprint density at radius 1 is 1.00 bits per heavy atom. The first-order chi connectivity index (χ1) is 12.7. The maximum atomic E-state index is 12.7. The van der Waals surface area contributed by atoms with Gasteiger partial charge >= 0.3 is 0 Å². The van der Waals surface area contributed by atoms with E-state index in [2.05, 4.69) is 14.9 Å². The molecular formula is C18H17N3O4S. The van der Waals surface area contributed by atoms with Crippen molar-refractivity contribution in [2.45, 2.75) is 0 Å². The van der Waals surface area contributed by atoms with Crippen molar-refractivity contribution < 1.29 is 19.0 Å². The van der Waals surface area contributed by atoms with Crippen LogP contribution in [0.15, 0.2) is 42.5 Å². The van der Waals surface area contributed by atoms with E-state index in [1.54, 1.807) is 12.1 Å². The van der Waals surface area contributed by atoms with Crippen LogP contribution in [0.5, 0.6) is 17.2 Å². The third kappa shape index (κ3) is 3.45. The van der Waals surface area contributed by atoms with Crippen molar-refractivity contribution in [2.24, 2.45) is 0 Å². The van der Waals surface area contributed by atoms with Gasteiger partial charge in [-0.3, -0.25) is 4.79 Å². The maximum absolute atomic E-state index is 12.7. The van der Waals surface area contributed by atoms with Crippen molar-refractivity contribution >= 4 is 22.4 Å². The largest absolute Gasteiger partial charge is 0.493 e. The van der Waals surface area contributed by atoms with Crippen LogP contribution in [-0.4, -0.2) is 36.8 Å². The molecule has 3 aromatic rings. The molecule has 0 saturated carbocycles. The normalized spacial score (nSPS) is 10.3. The number of ether oxygens (including phenoxy) is 3. The molecule has 8 heteroatoms. The minimum absolute atomic E-state index is 0.326. The Bertz CT molecular complexity index is 887. The van der Waals surface area contributed by atoms with E-state index in [1.165, 1.54) is 21.3 Å². The highest BCUT2D eigenvalue weighted by atomic mass is 32.1. The molecule has 0 unspecified atom stereocenters. The van der Waals surface area contributed by atoms with Crippen molar-refractivity contribution in [3.8, 4) is 28.5 Å². The van der Waals surface area contributed by atoms with Crippen molar-refractivity contribution in [3.63, 3.8) is 0 Å². The van der Waals surface area contributed by atoms with E-state index in [0.717, 1.165) is 17.1 Å². The van der Waals surface area contributed by atoms with Crippen molar-refractivity contribution in [3.05, 3.63) is 48.0 Å². The van der Waals surface area contributed by atoms with Crippen molar-refractivity contribution in [1.82, 2.24) is 9.59 Å². The molecule has 26 heavy (non-hydrogen) atoms. The minimum Gasteiger partial charge on any atom is -0.493 e. The van der Waals surface area contributed by atoms with Gasteiger partial charge in [0.15, 0.2) is 11.5 Å². The van der Waals surface area contributed by atoms with E-state index in [9.17, 15) is 4.79 Å². The quantitative estimate of drug-likeness (QED) is 0.714. The molecule has 0 aliphatic carbocycles. The van der Waals surface area contributed by atoms with Crippen LogP contribution in [0, 0.1) is 0 Å². The van der Waals surface area contributed by atoms with Gasteiger partial charge in [0.05, 0.1) is 21.3 Å². The summed E-state index contributed by atoms with van der Waals surface area (Å²) in [5, 5.41) is 7.53. The van der Waals surface area contributed by atoms with Gasteiger partial charge in [-0.1, -0.05) is 34.8 Å².